The minimum absolute atomic E-state index is 0.171. The highest BCUT2D eigenvalue weighted by Crippen LogP contribution is 2.17. The van der Waals surface area contributed by atoms with Crippen molar-refractivity contribution < 1.29 is 0 Å². The number of nitrogens with one attached hydrogen (secondary N) is 1. The number of anilines is 1. The van der Waals surface area contributed by atoms with Crippen LogP contribution in [-0.2, 0) is 6.42 Å². The van der Waals surface area contributed by atoms with Crippen LogP contribution in [0.2, 0.25) is 0 Å². The Bertz CT molecular complexity index is 570. The van der Waals surface area contributed by atoms with E-state index in [9.17, 15) is 4.79 Å². The third-order valence-corrected chi connectivity index (χ3v) is 3.34. The van der Waals surface area contributed by atoms with Crippen LogP contribution in [0.1, 0.15) is 5.56 Å². The molecule has 6 heteroatoms. The van der Waals surface area contributed by atoms with E-state index in [4.69, 9.17) is 0 Å². The molecular formula is C12H13BrN4O. The van der Waals surface area contributed by atoms with Gasteiger partial charge in [-0.1, -0.05) is 0 Å². The molecule has 2 aromatic rings. The van der Waals surface area contributed by atoms with E-state index < -0.39 is 0 Å². The number of nitrogens with zero attached hydrogens (tertiary/aromatic N) is 3. The van der Waals surface area contributed by atoms with Gasteiger partial charge in [-0.3, -0.25) is 9.78 Å². The van der Waals surface area contributed by atoms with Crippen molar-refractivity contribution in [1.29, 1.82) is 0 Å². The lowest BCUT2D eigenvalue weighted by Crippen LogP contribution is -2.24. The lowest BCUT2D eigenvalue weighted by Gasteiger charge is -2.18. The largest absolute Gasteiger partial charge is 0.358 e. The average molecular weight is 309 g/mol. The SMILES string of the molecule is CN(CCc1ccncc1)c1nc[nH]c(=O)c1Br. The van der Waals surface area contributed by atoms with Crippen molar-refractivity contribution >= 4 is 21.7 Å². The van der Waals surface area contributed by atoms with Gasteiger partial charge >= 0.3 is 0 Å². The second-order valence-electron chi connectivity index (χ2n) is 3.90. The van der Waals surface area contributed by atoms with Crippen LogP contribution >= 0.6 is 15.9 Å². The van der Waals surface area contributed by atoms with Gasteiger partial charge in [0.15, 0.2) is 0 Å². The molecule has 0 amide bonds. The first kappa shape index (κ1) is 12.8. The van der Waals surface area contributed by atoms with E-state index in [1.807, 2.05) is 24.1 Å². The number of rotatable bonds is 4. The van der Waals surface area contributed by atoms with Crippen molar-refractivity contribution in [3.05, 3.63) is 51.2 Å². The molecule has 1 N–H and O–H groups in total. The Morgan fingerprint density at radius 3 is 2.83 bits per heavy atom. The fourth-order valence-corrected chi connectivity index (χ4v) is 2.11. The molecule has 0 aromatic carbocycles. The fraction of sp³-hybridized carbons (Fsp3) is 0.250. The summed E-state index contributed by atoms with van der Waals surface area (Å²) in [6.45, 7) is 0.777. The summed E-state index contributed by atoms with van der Waals surface area (Å²) in [6, 6.07) is 3.96. The molecule has 0 unspecified atom stereocenters. The summed E-state index contributed by atoms with van der Waals surface area (Å²) in [5, 5.41) is 0. The summed E-state index contributed by atoms with van der Waals surface area (Å²) in [7, 11) is 1.91. The van der Waals surface area contributed by atoms with E-state index in [1.165, 1.54) is 11.9 Å². The Hall–Kier alpha value is -1.69. The van der Waals surface area contributed by atoms with Gasteiger partial charge < -0.3 is 9.88 Å². The molecule has 0 bridgehead atoms. The van der Waals surface area contributed by atoms with Gasteiger partial charge in [0.1, 0.15) is 10.3 Å². The number of halogens is 1. The van der Waals surface area contributed by atoms with Crippen molar-refractivity contribution in [1.82, 2.24) is 15.0 Å². The zero-order chi connectivity index (χ0) is 13.0. The number of hydrogen-bond donors (Lipinski definition) is 1. The maximum atomic E-state index is 11.4. The van der Waals surface area contributed by atoms with Crippen molar-refractivity contribution in [2.45, 2.75) is 6.42 Å². The van der Waals surface area contributed by atoms with Gasteiger partial charge in [-0.05, 0) is 40.0 Å². The van der Waals surface area contributed by atoms with Crippen LogP contribution in [0.3, 0.4) is 0 Å². The second kappa shape index (κ2) is 5.77. The van der Waals surface area contributed by atoms with Gasteiger partial charge in [-0.2, -0.15) is 0 Å². The van der Waals surface area contributed by atoms with Crippen molar-refractivity contribution in [2.24, 2.45) is 0 Å². The zero-order valence-corrected chi connectivity index (χ0v) is 11.5. The summed E-state index contributed by atoms with van der Waals surface area (Å²) in [6.07, 6.45) is 5.83. The summed E-state index contributed by atoms with van der Waals surface area (Å²) in [5.74, 6) is 0.646. The Balaban J connectivity index is 2.06. The van der Waals surface area contributed by atoms with E-state index in [-0.39, 0.29) is 5.56 Å². The maximum Gasteiger partial charge on any atom is 0.267 e. The van der Waals surface area contributed by atoms with E-state index in [0.717, 1.165) is 13.0 Å². The number of likely N-dealkylation sites (N-methyl/N-ethyl adjacent to an activating group) is 1. The molecule has 0 aliphatic rings. The first-order valence-corrected chi connectivity index (χ1v) is 6.31. The summed E-state index contributed by atoms with van der Waals surface area (Å²) < 4.78 is 0.460. The molecule has 94 valence electrons. The number of pyridine rings is 1. The van der Waals surface area contributed by atoms with Crippen molar-refractivity contribution in [3.63, 3.8) is 0 Å². The molecule has 2 heterocycles. The molecule has 5 nitrogen and oxygen atoms in total. The van der Waals surface area contributed by atoms with Gasteiger partial charge in [0.25, 0.3) is 5.56 Å². The van der Waals surface area contributed by atoms with Crippen LogP contribution in [0, 0.1) is 0 Å². The Labute approximate surface area is 113 Å². The summed E-state index contributed by atoms with van der Waals surface area (Å²) in [5.41, 5.74) is 1.04. The van der Waals surface area contributed by atoms with E-state index >= 15 is 0 Å². The van der Waals surface area contributed by atoms with Gasteiger partial charge in [0, 0.05) is 26.0 Å². The monoisotopic (exact) mass is 308 g/mol. The smallest absolute Gasteiger partial charge is 0.267 e. The molecule has 0 spiro atoms. The molecule has 2 aromatic heterocycles. The van der Waals surface area contributed by atoms with Gasteiger partial charge in [-0.15, -0.1) is 0 Å². The highest BCUT2D eigenvalue weighted by molar-refractivity contribution is 9.10. The van der Waals surface area contributed by atoms with Crippen LogP contribution in [0.15, 0.2) is 40.1 Å². The molecule has 2 rings (SSSR count). The molecule has 18 heavy (non-hydrogen) atoms. The number of hydrogen-bond acceptors (Lipinski definition) is 4. The topological polar surface area (TPSA) is 61.9 Å². The predicted octanol–water partition coefficient (Wildman–Crippen LogP) is 1.61. The quantitative estimate of drug-likeness (QED) is 0.932. The van der Waals surface area contributed by atoms with Crippen LogP contribution in [0.5, 0.6) is 0 Å². The van der Waals surface area contributed by atoms with E-state index in [2.05, 4.69) is 30.9 Å². The molecule has 0 atom stereocenters. The van der Waals surface area contributed by atoms with Crippen LogP contribution in [0.25, 0.3) is 0 Å². The van der Waals surface area contributed by atoms with Crippen LogP contribution < -0.4 is 10.5 Å². The Kier molecular flexibility index (Phi) is 4.09. The number of aromatic nitrogens is 3. The standard InChI is InChI=1S/C12H13BrN4O/c1-17(7-4-9-2-5-14-6-3-9)11-10(13)12(18)16-8-15-11/h2-3,5-6,8H,4,7H2,1H3,(H,15,16,18). The molecule has 0 aliphatic heterocycles. The second-order valence-corrected chi connectivity index (χ2v) is 4.69. The molecule has 0 fully saturated rings. The fourth-order valence-electron chi connectivity index (χ4n) is 1.59. The third-order valence-electron chi connectivity index (χ3n) is 2.62. The normalized spacial score (nSPS) is 10.3. The van der Waals surface area contributed by atoms with Crippen molar-refractivity contribution in [3.8, 4) is 0 Å². The molecule has 0 aliphatic carbocycles. The molecule has 0 radical (unpaired) electrons. The Morgan fingerprint density at radius 1 is 1.39 bits per heavy atom. The van der Waals surface area contributed by atoms with Gasteiger partial charge in [-0.25, -0.2) is 4.98 Å². The molecular weight excluding hydrogens is 296 g/mol. The third kappa shape index (κ3) is 2.95. The lowest BCUT2D eigenvalue weighted by molar-refractivity contribution is 0.847. The minimum Gasteiger partial charge on any atom is -0.358 e. The molecule has 0 saturated carbocycles. The molecule has 0 saturated heterocycles. The van der Waals surface area contributed by atoms with Gasteiger partial charge in [0.05, 0.1) is 6.33 Å². The summed E-state index contributed by atoms with van der Waals surface area (Å²) >= 11 is 3.25. The summed E-state index contributed by atoms with van der Waals surface area (Å²) in [4.78, 5) is 24.0. The first-order valence-electron chi connectivity index (χ1n) is 5.51. The highest BCUT2D eigenvalue weighted by Gasteiger charge is 2.09. The lowest BCUT2D eigenvalue weighted by atomic mass is 10.2. The zero-order valence-electron chi connectivity index (χ0n) is 9.93. The van der Waals surface area contributed by atoms with Crippen molar-refractivity contribution in [2.75, 3.05) is 18.5 Å². The van der Waals surface area contributed by atoms with Gasteiger partial charge in [0.2, 0.25) is 0 Å². The van der Waals surface area contributed by atoms with E-state index in [0.29, 0.717) is 10.3 Å². The number of H-pyrrole nitrogens is 1. The predicted molar refractivity (Wildman–Crippen MR) is 73.8 cm³/mol. The number of aromatic amines is 1. The first-order chi connectivity index (χ1) is 8.68. The minimum atomic E-state index is -0.171. The van der Waals surface area contributed by atoms with E-state index in [1.54, 1.807) is 12.4 Å². The highest BCUT2D eigenvalue weighted by atomic mass is 79.9. The maximum absolute atomic E-state index is 11.4. The average Bonchev–Trinajstić information content (AvgIpc) is 2.40. The Morgan fingerprint density at radius 2 is 2.11 bits per heavy atom. The van der Waals surface area contributed by atoms with Crippen LogP contribution in [0.4, 0.5) is 5.82 Å². The van der Waals surface area contributed by atoms with Crippen LogP contribution in [-0.4, -0.2) is 28.5 Å².